The highest BCUT2D eigenvalue weighted by Gasteiger charge is 2.21. The molecule has 0 saturated carbocycles. The third-order valence-corrected chi connectivity index (χ3v) is 6.62. The van der Waals surface area contributed by atoms with Crippen molar-refractivity contribution >= 4 is 80.3 Å². The zero-order valence-corrected chi connectivity index (χ0v) is 20.1. The Kier molecular flexibility index (Phi) is 7.26. The van der Waals surface area contributed by atoms with Crippen molar-refractivity contribution in [3.8, 4) is 0 Å². The number of thiocarbonyl (C=S) groups is 1. The van der Waals surface area contributed by atoms with Gasteiger partial charge in [-0.3, -0.25) is 4.68 Å². The fourth-order valence-corrected chi connectivity index (χ4v) is 4.53. The highest BCUT2D eigenvalue weighted by Crippen LogP contribution is 2.33. The fraction of sp³-hybridized carbons (Fsp3) is 0.211. The van der Waals surface area contributed by atoms with E-state index >= 15 is 0 Å². The van der Waals surface area contributed by atoms with Crippen LogP contribution in [-0.2, 0) is 11.3 Å². The van der Waals surface area contributed by atoms with Crippen molar-refractivity contribution in [1.29, 1.82) is 0 Å². The van der Waals surface area contributed by atoms with Crippen LogP contribution in [0.5, 0.6) is 0 Å². The first kappa shape index (κ1) is 22.8. The highest BCUT2D eigenvalue weighted by atomic mass is 35.5. The number of nitrogens with one attached hydrogen (secondary N) is 2. The van der Waals surface area contributed by atoms with Gasteiger partial charge in [-0.05, 0) is 49.3 Å². The Labute approximate surface area is 198 Å². The number of halogens is 3. The van der Waals surface area contributed by atoms with Crippen molar-refractivity contribution in [3.05, 3.63) is 61.0 Å². The topological polar surface area (TPSA) is 68.2 Å². The van der Waals surface area contributed by atoms with E-state index in [1.807, 2.05) is 19.9 Å². The van der Waals surface area contributed by atoms with Gasteiger partial charge < -0.3 is 15.4 Å². The minimum absolute atomic E-state index is 0.253. The first-order valence-electron chi connectivity index (χ1n) is 8.62. The van der Waals surface area contributed by atoms with E-state index in [4.69, 9.17) is 51.8 Å². The van der Waals surface area contributed by atoms with Gasteiger partial charge in [0.25, 0.3) is 0 Å². The number of aromatic nitrogens is 2. The minimum atomic E-state index is -0.425. The molecule has 3 rings (SSSR count). The maximum Gasteiger partial charge on any atom is 0.341 e. The van der Waals surface area contributed by atoms with Crippen molar-refractivity contribution in [2.45, 2.75) is 20.4 Å². The van der Waals surface area contributed by atoms with Crippen molar-refractivity contribution in [1.82, 2.24) is 9.78 Å². The molecule has 0 atom stereocenters. The molecule has 0 aliphatic heterocycles. The third kappa shape index (κ3) is 5.07. The molecule has 2 N–H and O–H groups in total. The Morgan fingerprint density at radius 2 is 1.93 bits per heavy atom. The lowest BCUT2D eigenvalue weighted by Gasteiger charge is -2.09. The van der Waals surface area contributed by atoms with Gasteiger partial charge in [0.15, 0.2) is 10.9 Å². The summed E-state index contributed by atoms with van der Waals surface area (Å²) in [6.45, 7) is 4.24. The number of anilines is 2. The second-order valence-corrected chi connectivity index (χ2v) is 9.18. The molecule has 0 radical (unpaired) electrons. The summed E-state index contributed by atoms with van der Waals surface area (Å²) >= 11 is 25.1. The Morgan fingerprint density at radius 1 is 1.20 bits per heavy atom. The lowest BCUT2D eigenvalue weighted by atomic mass is 10.1. The molecule has 2 heterocycles. The van der Waals surface area contributed by atoms with Crippen molar-refractivity contribution in [2.24, 2.45) is 0 Å². The monoisotopic (exact) mass is 502 g/mol. The number of nitrogens with zero attached hydrogens (tertiary/aromatic N) is 2. The SMILES string of the molecule is COC(=O)c1c(NC(=S)Nc2nn(Cc3ccc(Cl)c(Cl)c3)cc2Cl)sc(C)c1C. The molecular weight excluding hydrogens is 487 g/mol. The second-order valence-electron chi connectivity index (χ2n) is 6.33. The summed E-state index contributed by atoms with van der Waals surface area (Å²) < 4.78 is 6.53. The average molecular weight is 504 g/mol. The zero-order valence-electron chi connectivity index (χ0n) is 16.2. The van der Waals surface area contributed by atoms with Crippen LogP contribution in [0.1, 0.15) is 26.4 Å². The summed E-state index contributed by atoms with van der Waals surface area (Å²) in [5.41, 5.74) is 2.23. The van der Waals surface area contributed by atoms with E-state index in [9.17, 15) is 4.79 Å². The number of thiophene rings is 1. The van der Waals surface area contributed by atoms with Gasteiger partial charge in [-0.1, -0.05) is 40.9 Å². The van der Waals surface area contributed by atoms with Crippen LogP contribution in [0, 0.1) is 13.8 Å². The molecule has 3 aromatic rings. The largest absolute Gasteiger partial charge is 0.465 e. The average Bonchev–Trinajstić information content (AvgIpc) is 3.16. The van der Waals surface area contributed by atoms with E-state index in [2.05, 4.69) is 15.7 Å². The number of benzene rings is 1. The highest BCUT2D eigenvalue weighted by molar-refractivity contribution is 7.80. The molecule has 30 heavy (non-hydrogen) atoms. The molecule has 0 amide bonds. The first-order chi connectivity index (χ1) is 14.2. The molecule has 1 aromatic carbocycles. The van der Waals surface area contributed by atoms with Crippen LogP contribution in [-0.4, -0.2) is 28.0 Å². The summed E-state index contributed by atoms with van der Waals surface area (Å²) in [7, 11) is 1.34. The molecule has 2 aromatic heterocycles. The van der Waals surface area contributed by atoms with Gasteiger partial charge in [0.1, 0.15) is 10.0 Å². The minimum Gasteiger partial charge on any atom is -0.465 e. The number of hydrogen-bond donors (Lipinski definition) is 2. The zero-order chi connectivity index (χ0) is 22.0. The summed E-state index contributed by atoms with van der Waals surface area (Å²) in [5, 5.41) is 12.6. The van der Waals surface area contributed by atoms with Crippen molar-refractivity contribution in [3.63, 3.8) is 0 Å². The molecule has 0 spiro atoms. The molecule has 11 heteroatoms. The van der Waals surface area contributed by atoms with Crippen LogP contribution in [0.4, 0.5) is 10.8 Å². The molecule has 0 saturated heterocycles. The Balaban J connectivity index is 1.73. The summed E-state index contributed by atoms with van der Waals surface area (Å²) in [6.07, 6.45) is 1.67. The lowest BCUT2D eigenvalue weighted by Crippen LogP contribution is -2.20. The van der Waals surface area contributed by atoms with Gasteiger partial charge >= 0.3 is 5.97 Å². The molecule has 0 aliphatic carbocycles. The van der Waals surface area contributed by atoms with Gasteiger partial charge in [-0.15, -0.1) is 11.3 Å². The second kappa shape index (κ2) is 9.53. The number of aryl methyl sites for hydroxylation is 1. The molecule has 0 fully saturated rings. The first-order valence-corrected chi connectivity index (χ1v) is 11.0. The van der Waals surface area contributed by atoms with Crippen LogP contribution in [0.15, 0.2) is 24.4 Å². The molecule has 0 aliphatic rings. The van der Waals surface area contributed by atoms with Crippen LogP contribution < -0.4 is 10.6 Å². The number of rotatable bonds is 5. The van der Waals surface area contributed by atoms with Crippen LogP contribution in [0.25, 0.3) is 0 Å². The number of hydrogen-bond acceptors (Lipinski definition) is 5. The number of ether oxygens (including phenoxy) is 1. The number of carbonyl (C=O) groups excluding carboxylic acids is 1. The quantitative estimate of drug-likeness (QED) is 0.321. The lowest BCUT2D eigenvalue weighted by molar-refractivity contribution is 0.0601. The summed E-state index contributed by atoms with van der Waals surface area (Å²) in [5.74, 6) is -0.0371. The van der Waals surface area contributed by atoms with Gasteiger partial charge in [-0.2, -0.15) is 5.10 Å². The maximum absolute atomic E-state index is 12.1. The predicted octanol–water partition coefficient (Wildman–Crippen LogP) is 6.17. The fourth-order valence-electron chi connectivity index (χ4n) is 2.69. The standard InChI is InChI=1S/C19H17Cl3N4O2S2/c1-9-10(2)30-17(15(9)18(27)28-3)24-19(29)23-16-14(22)8-26(25-16)7-11-4-5-12(20)13(21)6-11/h4-6,8H,7H2,1-3H3,(H2,23,24,25,29). The van der Waals surface area contributed by atoms with E-state index in [-0.39, 0.29) is 5.11 Å². The van der Waals surface area contributed by atoms with E-state index in [0.29, 0.717) is 38.0 Å². The molecule has 0 bridgehead atoms. The Hall–Kier alpha value is -1.84. The van der Waals surface area contributed by atoms with Crippen molar-refractivity contribution in [2.75, 3.05) is 17.7 Å². The number of methoxy groups -OCH3 is 1. The Morgan fingerprint density at radius 3 is 2.60 bits per heavy atom. The number of carbonyl (C=O) groups is 1. The van der Waals surface area contributed by atoms with Crippen LogP contribution >= 0.6 is 58.4 Å². The van der Waals surface area contributed by atoms with Gasteiger partial charge in [0.2, 0.25) is 0 Å². The van der Waals surface area contributed by atoms with Gasteiger partial charge in [0.05, 0.1) is 29.3 Å². The van der Waals surface area contributed by atoms with Crippen molar-refractivity contribution < 1.29 is 9.53 Å². The van der Waals surface area contributed by atoms with Gasteiger partial charge in [0, 0.05) is 11.1 Å². The Bertz CT molecular complexity index is 1130. The van der Waals surface area contributed by atoms with E-state index in [1.54, 1.807) is 23.0 Å². The molecule has 6 nitrogen and oxygen atoms in total. The third-order valence-electron chi connectivity index (χ3n) is 4.28. The molecular formula is C19H17Cl3N4O2S2. The predicted molar refractivity (Wildman–Crippen MR) is 128 cm³/mol. The van der Waals surface area contributed by atoms with Gasteiger partial charge in [-0.25, -0.2) is 4.79 Å². The van der Waals surface area contributed by atoms with E-state index in [1.165, 1.54) is 18.4 Å². The molecule has 158 valence electrons. The van der Waals surface area contributed by atoms with E-state index < -0.39 is 5.97 Å². The van der Waals surface area contributed by atoms with Crippen LogP contribution in [0.2, 0.25) is 15.1 Å². The maximum atomic E-state index is 12.1. The summed E-state index contributed by atoms with van der Waals surface area (Å²) in [4.78, 5) is 13.1. The normalized spacial score (nSPS) is 10.7. The van der Waals surface area contributed by atoms with Crippen LogP contribution in [0.3, 0.4) is 0 Å². The number of esters is 1. The molecule has 0 unspecified atom stereocenters. The van der Waals surface area contributed by atoms with E-state index in [0.717, 1.165) is 16.0 Å². The smallest absolute Gasteiger partial charge is 0.341 e. The summed E-state index contributed by atoms with van der Waals surface area (Å²) in [6, 6.07) is 5.36.